The summed E-state index contributed by atoms with van der Waals surface area (Å²) in [6.45, 7) is 23.1. The minimum absolute atomic E-state index is 0.142. The van der Waals surface area contributed by atoms with Crippen LogP contribution in [0.5, 0.6) is 0 Å². The second-order valence-corrected chi connectivity index (χ2v) is 13.7. The van der Waals surface area contributed by atoms with Crippen LogP contribution < -0.4 is 0 Å². The highest BCUT2D eigenvalue weighted by molar-refractivity contribution is 7.99. The Balaban J connectivity index is 1.97. The van der Waals surface area contributed by atoms with E-state index >= 15 is 0 Å². The molecular weight excluding hydrogens is 514 g/mol. The SMILES string of the molecule is C=CC(=O)OC1C[C@]23CC[C@@H](C)[C@](C)([C@@H]2C1O)[C@H](OC(=O)CSCCN(CC)CC)C[C@@](C)(C=C)[C@@H](O)[C@@H]3C. The Kier molecular flexibility index (Phi) is 10.4. The van der Waals surface area contributed by atoms with E-state index in [1.807, 2.05) is 6.92 Å². The van der Waals surface area contributed by atoms with Gasteiger partial charge in [-0.1, -0.05) is 54.2 Å². The predicted molar refractivity (Wildman–Crippen MR) is 156 cm³/mol. The van der Waals surface area contributed by atoms with E-state index in [0.29, 0.717) is 12.8 Å². The van der Waals surface area contributed by atoms with Gasteiger partial charge in [-0.2, -0.15) is 0 Å². The number of aliphatic hydroxyl groups excluding tert-OH is 2. The van der Waals surface area contributed by atoms with E-state index in [0.717, 1.165) is 44.3 Å². The van der Waals surface area contributed by atoms with Crippen LogP contribution in [0.15, 0.2) is 25.3 Å². The maximum atomic E-state index is 13.3. The standard InChI is InChI=1S/C31H51NO6S/c1-9-24(33)37-22-17-31-14-13-20(5)30(8,27(31)26(22)35)23(18-29(7,10-2)28(36)21(31)6)38-25(34)19-39-16-15-32(11-3)12-4/h9-10,20-23,26-28,35-36H,1-2,11-19H2,3-8H3/t20-,21+,22?,23-,26?,27+,28+,29-,30+,31+/m1/s1. The van der Waals surface area contributed by atoms with Crippen molar-refractivity contribution in [3.05, 3.63) is 25.3 Å². The molecule has 0 heterocycles. The molecule has 39 heavy (non-hydrogen) atoms. The quantitative estimate of drug-likeness (QED) is 0.164. The van der Waals surface area contributed by atoms with E-state index < -0.39 is 46.6 Å². The van der Waals surface area contributed by atoms with Crippen molar-refractivity contribution in [2.75, 3.05) is 31.1 Å². The van der Waals surface area contributed by atoms with Crippen LogP contribution in [0.4, 0.5) is 0 Å². The fourth-order valence-corrected chi connectivity index (χ4v) is 8.89. The van der Waals surface area contributed by atoms with Gasteiger partial charge in [0.15, 0.2) is 0 Å². The van der Waals surface area contributed by atoms with Crippen LogP contribution in [0.25, 0.3) is 0 Å². The first-order valence-corrected chi connectivity index (χ1v) is 15.8. The number of carbonyl (C=O) groups is 2. The van der Waals surface area contributed by atoms with Crippen molar-refractivity contribution in [3.63, 3.8) is 0 Å². The number of hydrogen-bond acceptors (Lipinski definition) is 8. The summed E-state index contributed by atoms with van der Waals surface area (Å²) < 4.78 is 12.0. The zero-order chi connectivity index (χ0) is 29.2. The zero-order valence-corrected chi connectivity index (χ0v) is 25.7. The van der Waals surface area contributed by atoms with E-state index in [1.54, 1.807) is 17.8 Å². The van der Waals surface area contributed by atoms with E-state index in [2.05, 4.69) is 52.7 Å². The smallest absolute Gasteiger partial charge is 0.330 e. The molecule has 7 nitrogen and oxygen atoms in total. The molecule has 3 rings (SSSR count). The van der Waals surface area contributed by atoms with Gasteiger partial charge in [0.1, 0.15) is 12.2 Å². The first-order chi connectivity index (χ1) is 18.3. The number of nitrogens with zero attached hydrogens (tertiary/aromatic N) is 1. The van der Waals surface area contributed by atoms with E-state index in [4.69, 9.17) is 9.47 Å². The number of rotatable bonds is 11. The van der Waals surface area contributed by atoms with Crippen LogP contribution in [0, 0.1) is 34.0 Å². The first-order valence-electron chi connectivity index (χ1n) is 14.7. The van der Waals surface area contributed by atoms with Gasteiger partial charge in [-0.25, -0.2) is 4.79 Å². The fourth-order valence-electron chi connectivity index (χ4n) is 8.13. The summed E-state index contributed by atoms with van der Waals surface area (Å²) in [7, 11) is 0. The van der Waals surface area contributed by atoms with Gasteiger partial charge in [-0.3, -0.25) is 4.79 Å². The number of esters is 2. The highest BCUT2D eigenvalue weighted by Gasteiger charge is 2.70. The Morgan fingerprint density at radius 2 is 1.77 bits per heavy atom. The van der Waals surface area contributed by atoms with Crippen LogP contribution in [-0.2, 0) is 19.1 Å². The molecule has 0 aromatic heterocycles. The van der Waals surface area contributed by atoms with Gasteiger partial charge in [0, 0.05) is 35.1 Å². The Labute approximate surface area is 239 Å². The summed E-state index contributed by atoms with van der Waals surface area (Å²) in [5.74, 6) is -0.100. The van der Waals surface area contributed by atoms with E-state index in [9.17, 15) is 19.8 Å². The Morgan fingerprint density at radius 1 is 1.10 bits per heavy atom. The lowest BCUT2D eigenvalue weighted by Crippen LogP contribution is -2.63. The molecule has 2 unspecified atom stereocenters. The molecule has 0 saturated heterocycles. The molecule has 0 aliphatic heterocycles. The third-order valence-electron chi connectivity index (χ3n) is 10.9. The van der Waals surface area contributed by atoms with Gasteiger partial charge in [-0.05, 0) is 56.0 Å². The molecule has 222 valence electrons. The molecule has 3 fully saturated rings. The molecule has 2 N–H and O–H groups in total. The van der Waals surface area contributed by atoms with Crippen molar-refractivity contribution in [2.45, 2.75) is 91.6 Å². The third kappa shape index (κ3) is 5.86. The topological polar surface area (TPSA) is 96.3 Å². The summed E-state index contributed by atoms with van der Waals surface area (Å²) in [5.41, 5.74) is -1.77. The minimum Gasteiger partial charge on any atom is -0.461 e. The van der Waals surface area contributed by atoms with Crippen molar-refractivity contribution in [3.8, 4) is 0 Å². The Bertz CT molecular complexity index is 910. The molecule has 0 spiro atoms. The minimum atomic E-state index is -0.936. The second-order valence-electron chi connectivity index (χ2n) is 12.6. The molecule has 0 amide bonds. The number of aliphatic hydroxyl groups is 2. The first kappa shape index (κ1) is 32.2. The molecular formula is C31H51NO6S. The van der Waals surface area contributed by atoms with Gasteiger partial charge >= 0.3 is 11.9 Å². The highest BCUT2D eigenvalue weighted by Crippen LogP contribution is 2.69. The second kappa shape index (κ2) is 12.7. The zero-order valence-electron chi connectivity index (χ0n) is 24.9. The lowest BCUT2D eigenvalue weighted by Gasteiger charge is -2.62. The molecule has 0 aromatic carbocycles. The van der Waals surface area contributed by atoms with Gasteiger partial charge in [0.2, 0.25) is 0 Å². The van der Waals surface area contributed by atoms with E-state index in [1.165, 1.54) is 0 Å². The largest absolute Gasteiger partial charge is 0.461 e. The average molecular weight is 566 g/mol. The van der Waals surface area contributed by atoms with Gasteiger partial charge in [-0.15, -0.1) is 18.3 Å². The molecule has 0 aromatic rings. The van der Waals surface area contributed by atoms with Crippen LogP contribution in [0.3, 0.4) is 0 Å². The van der Waals surface area contributed by atoms with Crippen LogP contribution in [0.2, 0.25) is 0 Å². The normalized spacial score (nSPS) is 41.7. The molecule has 0 radical (unpaired) electrons. The number of ether oxygens (including phenoxy) is 2. The summed E-state index contributed by atoms with van der Waals surface area (Å²) in [4.78, 5) is 27.8. The molecule has 8 heteroatoms. The number of hydrogen-bond donors (Lipinski definition) is 2. The average Bonchev–Trinajstić information content (AvgIpc) is 3.21. The number of thioether (sulfide) groups is 1. The summed E-state index contributed by atoms with van der Waals surface area (Å²) in [5, 5.41) is 23.6. The lowest BCUT2D eigenvalue weighted by molar-refractivity contribution is -0.218. The van der Waals surface area contributed by atoms with Crippen molar-refractivity contribution in [2.24, 2.45) is 34.0 Å². The van der Waals surface area contributed by atoms with Crippen molar-refractivity contribution < 1.29 is 29.3 Å². The molecule has 10 atom stereocenters. The molecule has 3 saturated carbocycles. The predicted octanol–water partition coefficient (Wildman–Crippen LogP) is 4.47. The number of carbonyl (C=O) groups excluding carboxylic acids is 2. The summed E-state index contributed by atoms with van der Waals surface area (Å²) in [6, 6.07) is 0. The fraction of sp³-hybridized carbons (Fsp3) is 0.806. The Hall–Kier alpha value is -1.35. The molecule has 3 aliphatic carbocycles. The van der Waals surface area contributed by atoms with Crippen molar-refractivity contribution in [1.29, 1.82) is 0 Å². The van der Waals surface area contributed by atoms with Crippen LogP contribution >= 0.6 is 11.8 Å². The maximum absolute atomic E-state index is 13.3. The van der Waals surface area contributed by atoms with Crippen LogP contribution in [-0.4, -0.2) is 82.6 Å². The summed E-state index contributed by atoms with van der Waals surface area (Å²) in [6.07, 6.45) is 2.50. The van der Waals surface area contributed by atoms with E-state index in [-0.39, 0.29) is 29.5 Å². The van der Waals surface area contributed by atoms with Crippen LogP contribution in [0.1, 0.15) is 67.2 Å². The van der Waals surface area contributed by atoms with Gasteiger partial charge in [0.05, 0.1) is 18.0 Å². The van der Waals surface area contributed by atoms with Crippen molar-refractivity contribution in [1.82, 2.24) is 4.90 Å². The third-order valence-corrected chi connectivity index (χ3v) is 11.8. The molecule has 2 bridgehead atoms. The monoisotopic (exact) mass is 565 g/mol. The van der Waals surface area contributed by atoms with Gasteiger partial charge in [0.25, 0.3) is 0 Å². The maximum Gasteiger partial charge on any atom is 0.330 e. The Morgan fingerprint density at radius 3 is 2.36 bits per heavy atom. The summed E-state index contributed by atoms with van der Waals surface area (Å²) >= 11 is 1.57. The molecule has 3 aliphatic rings. The van der Waals surface area contributed by atoms with Crippen molar-refractivity contribution >= 4 is 23.7 Å². The highest BCUT2D eigenvalue weighted by atomic mass is 32.2. The van der Waals surface area contributed by atoms with Gasteiger partial charge < -0.3 is 24.6 Å². The lowest BCUT2D eigenvalue weighted by atomic mass is 9.43.